The van der Waals surface area contributed by atoms with E-state index in [1.807, 2.05) is 6.07 Å². The van der Waals surface area contributed by atoms with E-state index in [9.17, 15) is 0 Å². The minimum Gasteiger partial charge on any atom is -0.455 e. The van der Waals surface area contributed by atoms with Gasteiger partial charge in [0, 0.05) is 49.9 Å². The van der Waals surface area contributed by atoms with Crippen molar-refractivity contribution >= 4 is 60.8 Å². The van der Waals surface area contributed by atoms with E-state index < -0.39 is 0 Å². The summed E-state index contributed by atoms with van der Waals surface area (Å²) in [6, 6.07) is 96.1. The molecule has 0 radical (unpaired) electrons. The maximum atomic E-state index is 6.77. The van der Waals surface area contributed by atoms with Gasteiger partial charge in [0.25, 0.3) is 0 Å². The van der Waals surface area contributed by atoms with Gasteiger partial charge in [-0.15, -0.1) is 0 Å². The van der Waals surface area contributed by atoms with Gasteiger partial charge in [-0.2, -0.15) is 0 Å². The lowest BCUT2D eigenvalue weighted by molar-refractivity contribution is 0.670. The van der Waals surface area contributed by atoms with Crippen molar-refractivity contribution in [1.82, 2.24) is 4.57 Å². The van der Waals surface area contributed by atoms with E-state index in [4.69, 9.17) is 4.42 Å². The van der Waals surface area contributed by atoms with Gasteiger partial charge in [0.15, 0.2) is 0 Å². The van der Waals surface area contributed by atoms with Crippen LogP contribution in [0.3, 0.4) is 0 Å². The van der Waals surface area contributed by atoms with E-state index in [1.54, 1.807) is 0 Å². The highest BCUT2D eigenvalue weighted by Gasteiger charge is 2.20. The first-order valence-electron chi connectivity index (χ1n) is 23.6. The molecule has 0 fully saturated rings. The van der Waals surface area contributed by atoms with E-state index in [0.717, 1.165) is 78.1 Å². The van der Waals surface area contributed by atoms with Gasteiger partial charge < -0.3 is 13.9 Å². The molecule has 13 aromatic rings. The average molecular weight is 881 g/mol. The van der Waals surface area contributed by atoms with Crippen molar-refractivity contribution < 1.29 is 4.42 Å². The summed E-state index contributed by atoms with van der Waals surface area (Å²) in [7, 11) is 0. The number of anilines is 3. The number of nitrogens with zero attached hydrogens (tertiary/aromatic N) is 2. The summed E-state index contributed by atoms with van der Waals surface area (Å²) < 4.78 is 9.15. The fraction of sp³-hybridized carbons (Fsp3) is 0. The zero-order valence-corrected chi connectivity index (χ0v) is 37.7. The topological polar surface area (TPSA) is 21.3 Å². The van der Waals surface area contributed by atoms with Crippen molar-refractivity contribution in [2.75, 3.05) is 4.90 Å². The van der Waals surface area contributed by atoms with Crippen molar-refractivity contribution in [3.8, 4) is 61.3 Å². The highest BCUT2D eigenvalue weighted by atomic mass is 16.3. The first-order chi connectivity index (χ1) is 34.2. The lowest BCUT2D eigenvalue weighted by Gasteiger charge is -2.27. The Bertz CT molecular complexity index is 3900. The summed E-state index contributed by atoms with van der Waals surface area (Å²) in [6.07, 6.45) is 0. The van der Waals surface area contributed by atoms with E-state index >= 15 is 0 Å². The third-order valence-corrected chi connectivity index (χ3v) is 13.6. The minimum absolute atomic E-state index is 0.882. The van der Waals surface area contributed by atoms with Crippen molar-refractivity contribution in [1.29, 1.82) is 0 Å². The number of benzene rings is 11. The Labute approximate surface area is 401 Å². The molecule has 0 aliphatic heterocycles. The van der Waals surface area contributed by atoms with Crippen LogP contribution in [0.5, 0.6) is 0 Å². The van der Waals surface area contributed by atoms with Crippen LogP contribution in [0.2, 0.25) is 0 Å². The molecule has 0 spiro atoms. The van der Waals surface area contributed by atoms with Gasteiger partial charge in [0.1, 0.15) is 11.2 Å². The maximum absolute atomic E-state index is 6.77. The van der Waals surface area contributed by atoms with Crippen molar-refractivity contribution in [3.63, 3.8) is 0 Å². The Morgan fingerprint density at radius 1 is 0.275 bits per heavy atom. The van der Waals surface area contributed by atoms with Crippen LogP contribution in [-0.2, 0) is 0 Å². The summed E-state index contributed by atoms with van der Waals surface area (Å²) in [5.41, 5.74) is 19.9. The van der Waals surface area contributed by atoms with Crippen LogP contribution in [-0.4, -0.2) is 4.57 Å². The molecule has 13 rings (SSSR count). The first kappa shape index (κ1) is 40.1. The van der Waals surface area contributed by atoms with Gasteiger partial charge in [-0.05, 0) is 129 Å². The number of fused-ring (bicyclic) bond motifs is 6. The molecule has 0 atom stereocenters. The number of hydrogen-bond acceptors (Lipinski definition) is 2. The molecule has 0 amide bonds. The molecule has 0 saturated heterocycles. The first-order valence-corrected chi connectivity index (χ1v) is 23.6. The SMILES string of the molecule is c1ccc(-c2ccc(N(c3ccc(-c4ccccc4)cc3)c3cccc(-c4ccc(-c5ccc6c(c5)c5ccccc5n6-c5ccccc5)cc4-c4cccc5c4oc4ccccc45)c3)cc2)cc1. The molecule has 0 saturated carbocycles. The molecule has 2 aromatic heterocycles. The van der Waals surface area contributed by atoms with Gasteiger partial charge >= 0.3 is 0 Å². The molecule has 11 aromatic carbocycles. The molecule has 0 aliphatic rings. The monoisotopic (exact) mass is 880 g/mol. The number of aromatic nitrogens is 1. The van der Waals surface area contributed by atoms with Gasteiger partial charge in [-0.25, -0.2) is 0 Å². The van der Waals surface area contributed by atoms with Crippen LogP contribution in [0.25, 0.3) is 105 Å². The fourth-order valence-corrected chi connectivity index (χ4v) is 10.3. The third kappa shape index (κ3) is 7.16. The Kier molecular flexibility index (Phi) is 9.84. The number of furan rings is 1. The Morgan fingerprint density at radius 3 is 1.51 bits per heavy atom. The lowest BCUT2D eigenvalue weighted by Crippen LogP contribution is -2.10. The zero-order chi connectivity index (χ0) is 45.7. The molecular weight excluding hydrogens is 837 g/mol. The van der Waals surface area contributed by atoms with Gasteiger partial charge in [0.05, 0.1) is 11.0 Å². The summed E-state index contributed by atoms with van der Waals surface area (Å²) in [5, 5.41) is 4.67. The van der Waals surface area contributed by atoms with Crippen LogP contribution in [0.4, 0.5) is 17.1 Å². The average Bonchev–Trinajstić information content (AvgIpc) is 3.98. The lowest BCUT2D eigenvalue weighted by atomic mass is 9.89. The van der Waals surface area contributed by atoms with Gasteiger partial charge in [-0.1, -0.05) is 188 Å². The van der Waals surface area contributed by atoms with E-state index in [-0.39, 0.29) is 0 Å². The molecule has 3 heteroatoms. The Morgan fingerprint density at radius 2 is 0.797 bits per heavy atom. The molecular formula is C66H44N2O. The normalized spacial score (nSPS) is 11.5. The highest BCUT2D eigenvalue weighted by molar-refractivity contribution is 6.12. The molecule has 3 nitrogen and oxygen atoms in total. The smallest absolute Gasteiger partial charge is 0.143 e. The van der Waals surface area contributed by atoms with Gasteiger partial charge in [0.2, 0.25) is 0 Å². The predicted molar refractivity (Wildman–Crippen MR) is 290 cm³/mol. The van der Waals surface area contributed by atoms with Crippen molar-refractivity contribution in [2.24, 2.45) is 0 Å². The zero-order valence-electron chi connectivity index (χ0n) is 37.7. The van der Waals surface area contributed by atoms with Crippen LogP contribution < -0.4 is 4.90 Å². The standard InChI is InChI=1S/C66H44N2O/c1-4-16-45(17-5-1)47-30-36-53(37-31-47)67(54-38-32-48(33-39-54)46-18-6-2-7-19-46)55-23-14-20-51(42-55)56-40-34-49(43-61(56)60-27-15-26-59-58-25-11-13-29-65(58)69-66(59)60)50-35-41-64-62(44-50)57-24-10-12-28-63(57)68(64)52-21-8-3-9-22-52/h1-44H. The molecule has 0 N–H and O–H groups in total. The van der Waals surface area contributed by atoms with E-state index in [2.05, 4.69) is 270 Å². The molecule has 69 heavy (non-hydrogen) atoms. The van der Waals surface area contributed by atoms with Crippen LogP contribution in [0, 0.1) is 0 Å². The molecule has 2 heterocycles. The van der Waals surface area contributed by atoms with Crippen LogP contribution in [0.15, 0.2) is 271 Å². The number of hydrogen-bond donors (Lipinski definition) is 0. The van der Waals surface area contributed by atoms with Crippen LogP contribution in [0.1, 0.15) is 0 Å². The van der Waals surface area contributed by atoms with Crippen LogP contribution >= 0.6 is 0 Å². The van der Waals surface area contributed by atoms with Gasteiger partial charge in [-0.3, -0.25) is 0 Å². The molecule has 0 unspecified atom stereocenters. The summed E-state index contributed by atoms with van der Waals surface area (Å²) in [4.78, 5) is 2.36. The van der Waals surface area contributed by atoms with Crippen molar-refractivity contribution in [3.05, 3.63) is 267 Å². The Balaban J connectivity index is 0.977. The van der Waals surface area contributed by atoms with E-state index in [1.165, 1.54) is 44.1 Å². The minimum atomic E-state index is 0.882. The largest absolute Gasteiger partial charge is 0.455 e. The second kappa shape index (κ2) is 16.9. The maximum Gasteiger partial charge on any atom is 0.143 e. The number of rotatable bonds is 9. The second-order valence-electron chi connectivity index (χ2n) is 17.7. The summed E-state index contributed by atoms with van der Waals surface area (Å²) in [6.45, 7) is 0. The Hall–Kier alpha value is -9.18. The quantitative estimate of drug-likeness (QED) is 0.144. The molecule has 0 aliphatic carbocycles. The second-order valence-corrected chi connectivity index (χ2v) is 17.7. The van der Waals surface area contributed by atoms with Crippen molar-refractivity contribution in [2.45, 2.75) is 0 Å². The fourth-order valence-electron chi connectivity index (χ4n) is 10.3. The number of para-hydroxylation sites is 4. The molecule has 324 valence electrons. The summed E-state index contributed by atoms with van der Waals surface area (Å²) in [5.74, 6) is 0. The summed E-state index contributed by atoms with van der Waals surface area (Å²) >= 11 is 0. The predicted octanol–water partition coefficient (Wildman–Crippen LogP) is 18.5. The highest BCUT2D eigenvalue weighted by Crippen LogP contribution is 2.45. The molecule has 0 bridgehead atoms. The van der Waals surface area contributed by atoms with E-state index in [0.29, 0.717) is 0 Å². The third-order valence-electron chi connectivity index (χ3n) is 13.6.